The summed E-state index contributed by atoms with van der Waals surface area (Å²) in [5.41, 5.74) is 0.201. The summed E-state index contributed by atoms with van der Waals surface area (Å²) in [5, 5.41) is 9.31. The van der Waals surface area contributed by atoms with E-state index in [1.165, 1.54) is 32.2 Å². The first-order chi connectivity index (χ1) is 9.04. The number of esters is 2. The summed E-state index contributed by atoms with van der Waals surface area (Å²) >= 11 is 0. The Morgan fingerprint density at radius 3 is 2.05 bits per heavy atom. The first-order valence-corrected chi connectivity index (χ1v) is 6.14. The van der Waals surface area contributed by atoms with Crippen LogP contribution in [0.25, 0.3) is 0 Å². The second-order valence-corrected chi connectivity index (χ2v) is 2.77. The molecule has 19 heavy (non-hydrogen) atoms. The molecule has 108 valence electrons. The van der Waals surface area contributed by atoms with E-state index >= 15 is 0 Å². The fourth-order valence-corrected chi connectivity index (χ4v) is 0.996. The van der Waals surface area contributed by atoms with Crippen LogP contribution in [-0.2, 0) is 9.53 Å². The van der Waals surface area contributed by atoms with Crippen LogP contribution in [0.2, 0.25) is 0 Å². The van der Waals surface area contributed by atoms with Crippen LogP contribution in [0.15, 0.2) is 18.2 Å². The van der Waals surface area contributed by atoms with Crippen molar-refractivity contribution in [2.45, 2.75) is 34.6 Å². The number of phenolic OH excluding ortho intramolecular Hbond substituents is 1. The Hall–Kier alpha value is -2.04. The highest BCUT2D eigenvalue weighted by atomic mass is 16.5. The second kappa shape index (κ2) is 11.1. The van der Waals surface area contributed by atoms with E-state index in [2.05, 4.69) is 9.47 Å². The minimum atomic E-state index is -0.577. The van der Waals surface area contributed by atoms with Crippen molar-refractivity contribution < 1.29 is 24.2 Å². The van der Waals surface area contributed by atoms with E-state index in [0.717, 1.165) is 0 Å². The number of hydrogen-bond acceptors (Lipinski definition) is 5. The largest absolute Gasteiger partial charge is 0.504 e. The van der Waals surface area contributed by atoms with Gasteiger partial charge >= 0.3 is 11.9 Å². The molecule has 0 saturated heterocycles. The Morgan fingerprint density at radius 2 is 1.63 bits per heavy atom. The molecule has 0 heterocycles. The van der Waals surface area contributed by atoms with Crippen LogP contribution in [0.1, 0.15) is 45.0 Å². The Kier molecular flexibility index (Phi) is 11.3. The van der Waals surface area contributed by atoms with Gasteiger partial charge in [-0.3, -0.25) is 4.79 Å². The summed E-state index contributed by atoms with van der Waals surface area (Å²) in [6, 6.07) is 3.86. The van der Waals surface area contributed by atoms with E-state index in [0.29, 0.717) is 0 Å². The number of carbonyl (C=O) groups is 2. The summed E-state index contributed by atoms with van der Waals surface area (Å²) in [7, 11) is 1.24. The molecule has 0 spiro atoms. The SMILES string of the molecule is CC.CC.COC(=O)c1ccc(O)c(OC(C)=O)c1. The van der Waals surface area contributed by atoms with Crippen LogP contribution < -0.4 is 4.74 Å². The number of hydrogen-bond donors (Lipinski definition) is 1. The first-order valence-electron chi connectivity index (χ1n) is 6.14. The summed E-state index contributed by atoms with van der Waals surface area (Å²) in [4.78, 5) is 21.8. The molecular formula is C14H22O5. The second-order valence-electron chi connectivity index (χ2n) is 2.77. The highest BCUT2D eigenvalue weighted by molar-refractivity contribution is 5.90. The molecule has 5 nitrogen and oxygen atoms in total. The van der Waals surface area contributed by atoms with Crippen molar-refractivity contribution >= 4 is 11.9 Å². The van der Waals surface area contributed by atoms with Crippen molar-refractivity contribution in [2.24, 2.45) is 0 Å². The molecule has 1 N–H and O–H groups in total. The van der Waals surface area contributed by atoms with Gasteiger partial charge in [0.15, 0.2) is 11.5 Å². The summed E-state index contributed by atoms with van der Waals surface area (Å²) in [6.45, 7) is 9.20. The molecule has 0 unspecified atom stereocenters. The smallest absolute Gasteiger partial charge is 0.337 e. The molecule has 1 aromatic rings. The van der Waals surface area contributed by atoms with Crippen LogP contribution in [0.3, 0.4) is 0 Å². The van der Waals surface area contributed by atoms with E-state index in [1.54, 1.807) is 0 Å². The minimum absolute atomic E-state index is 0.0644. The molecule has 0 aliphatic carbocycles. The van der Waals surface area contributed by atoms with Gasteiger partial charge in [-0.1, -0.05) is 27.7 Å². The summed E-state index contributed by atoms with van der Waals surface area (Å²) in [5.74, 6) is -1.42. The molecular weight excluding hydrogens is 248 g/mol. The number of ether oxygens (including phenoxy) is 2. The van der Waals surface area contributed by atoms with Gasteiger partial charge in [0.05, 0.1) is 12.7 Å². The van der Waals surface area contributed by atoms with E-state index in [1.807, 2.05) is 27.7 Å². The van der Waals surface area contributed by atoms with Crippen molar-refractivity contribution in [2.75, 3.05) is 7.11 Å². The maximum absolute atomic E-state index is 11.1. The fraction of sp³-hybridized carbons (Fsp3) is 0.429. The third-order valence-electron chi connectivity index (χ3n) is 1.63. The normalized spacial score (nSPS) is 8.11. The van der Waals surface area contributed by atoms with E-state index in [-0.39, 0.29) is 17.1 Å². The summed E-state index contributed by atoms with van der Waals surface area (Å²) in [6.07, 6.45) is 0. The molecule has 0 saturated carbocycles. The number of rotatable bonds is 2. The van der Waals surface area contributed by atoms with Gasteiger partial charge in [0, 0.05) is 6.92 Å². The molecule has 1 rings (SSSR count). The lowest BCUT2D eigenvalue weighted by atomic mass is 10.2. The number of methoxy groups -OCH3 is 1. The average Bonchev–Trinajstić information content (AvgIpc) is 2.44. The molecule has 0 aliphatic rings. The maximum Gasteiger partial charge on any atom is 0.337 e. The molecule has 0 aliphatic heterocycles. The average molecular weight is 270 g/mol. The lowest BCUT2D eigenvalue weighted by molar-refractivity contribution is -0.132. The van der Waals surface area contributed by atoms with Crippen LogP contribution in [0, 0.1) is 0 Å². The molecule has 0 fully saturated rings. The standard InChI is InChI=1S/C10H10O5.2C2H6/c1-6(11)15-9-5-7(10(13)14-2)3-4-8(9)12;2*1-2/h3-5,12H,1-2H3;2*1-2H3. The predicted molar refractivity (Wildman–Crippen MR) is 73.5 cm³/mol. The van der Waals surface area contributed by atoms with E-state index in [9.17, 15) is 14.7 Å². The Bertz CT molecular complexity index is 399. The van der Waals surface area contributed by atoms with Gasteiger partial charge in [-0.15, -0.1) is 0 Å². The van der Waals surface area contributed by atoms with Crippen LogP contribution in [0.5, 0.6) is 11.5 Å². The number of aromatic hydroxyl groups is 1. The van der Waals surface area contributed by atoms with Gasteiger partial charge < -0.3 is 14.6 Å². The van der Waals surface area contributed by atoms with Gasteiger partial charge in [0.1, 0.15) is 0 Å². The van der Waals surface area contributed by atoms with Crippen LogP contribution in [-0.4, -0.2) is 24.2 Å². The van der Waals surface area contributed by atoms with Gasteiger partial charge in [-0.2, -0.15) is 0 Å². The molecule has 0 bridgehead atoms. The maximum atomic E-state index is 11.1. The molecule has 0 aromatic heterocycles. The molecule has 0 amide bonds. The Morgan fingerprint density at radius 1 is 1.11 bits per heavy atom. The van der Waals surface area contributed by atoms with E-state index in [4.69, 9.17) is 0 Å². The van der Waals surface area contributed by atoms with Crippen LogP contribution >= 0.6 is 0 Å². The van der Waals surface area contributed by atoms with Crippen molar-refractivity contribution in [3.05, 3.63) is 23.8 Å². The fourth-order valence-electron chi connectivity index (χ4n) is 0.996. The van der Waals surface area contributed by atoms with Crippen LogP contribution in [0.4, 0.5) is 0 Å². The van der Waals surface area contributed by atoms with Crippen molar-refractivity contribution in [3.8, 4) is 11.5 Å². The topological polar surface area (TPSA) is 72.8 Å². The van der Waals surface area contributed by atoms with Crippen molar-refractivity contribution in [1.82, 2.24) is 0 Å². The Balaban J connectivity index is 0. The minimum Gasteiger partial charge on any atom is -0.504 e. The van der Waals surface area contributed by atoms with Gasteiger partial charge in [-0.05, 0) is 18.2 Å². The third-order valence-corrected chi connectivity index (χ3v) is 1.63. The van der Waals surface area contributed by atoms with Crippen molar-refractivity contribution in [3.63, 3.8) is 0 Å². The number of phenols is 1. The molecule has 0 radical (unpaired) electrons. The summed E-state index contributed by atoms with van der Waals surface area (Å²) < 4.78 is 9.16. The zero-order chi connectivity index (χ0) is 15.4. The number of benzene rings is 1. The quantitative estimate of drug-likeness (QED) is 0.660. The molecule has 1 aromatic carbocycles. The van der Waals surface area contributed by atoms with Gasteiger partial charge in [0.2, 0.25) is 0 Å². The zero-order valence-electron chi connectivity index (χ0n) is 12.3. The monoisotopic (exact) mass is 270 g/mol. The predicted octanol–water partition coefficient (Wildman–Crippen LogP) is 3.16. The third kappa shape index (κ3) is 7.08. The molecule has 5 heteroatoms. The van der Waals surface area contributed by atoms with E-state index < -0.39 is 11.9 Å². The lowest BCUT2D eigenvalue weighted by Crippen LogP contribution is -2.05. The first kappa shape index (κ1) is 19.3. The van der Waals surface area contributed by atoms with Crippen molar-refractivity contribution in [1.29, 1.82) is 0 Å². The highest BCUT2D eigenvalue weighted by Crippen LogP contribution is 2.27. The highest BCUT2D eigenvalue weighted by Gasteiger charge is 2.11. The Labute approximate surface area is 114 Å². The lowest BCUT2D eigenvalue weighted by Gasteiger charge is -2.05. The molecule has 0 atom stereocenters. The van der Waals surface area contributed by atoms with Gasteiger partial charge in [0.25, 0.3) is 0 Å². The van der Waals surface area contributed by atoms with Gasteiger partial charge in [-0.25, -0.2) is 4.79 Å². The zero-order valence-corrected chi connectivity index (χ0v) is 12.3. The number of carbonyl (C=O) groups excluding carboxylic acids is 2.